The number of pyridine rings is 1. The number of hydrazine groups is 1. The van der Waals surface area contributed by atoms with E-state index in [1.165, 1.54) is 12.1 Å². The van der Waals surface area contributed by atoms with E-state index in [9.17, 15) is 10.1 Å². The van der Waals surface area contributed by atoms with Gasteiger partial charge in [0.1, 0.15) is 11.3 Å². The number of non-ortho nitro benzene ring substituents is 1. The molecule has 0 spiro atoms. The smallest absolute Gasteiger partial charge is 0.270 e. The molecule has 0 radical (unpaired) electrons. The minimum atomic E-state index is -0.441. The molecule has 0 amide bonds. The average Bonchev–Trinajstić information content (AvgIpc) is 3.17. The first-order valence-electron chi connectivity index (χ1n) is 10.8. The van der Waals surface area contributed by atoms with Gasteiger partial charge in [0.2, 0.25) is 0 Å². The molecular weight excluding hydrogens is 432 g/mol. The summed E-state index contributed by atoms with van der Waals surface area (Å²) >= 11 is 0. The van der Waals surface area contributed by atoms with Crippen molar-refractivity contribution < 1.29 is 4.92 Å². The standard InChI is InChI=1S/C24H26N8O2/c1-4-21-28-22-14(2)11-15(3)27-24(22)31(21)13-16-5-7-17(8-6-16)20-12-18(32(33)34)9-10-19(20)23(25)29-30-26/h5-12,30H,4,13,26H2,1-3H3,(H2,25,29). The van der Waals surface area contributed by atoms with Gasteiger partial charge < -0.3 is 10.3 Å². The molecule has 4 aromatic rings. The maximum absolute atomic E-state index is 11.3. The summed E-state index contributed by atoms with van der Waals surface area (Å²) in [5.74, 6) is 6.36. The predicted molar refractivity (Wildman–Crippen MR) is 132 cm³/mol. The third-order valence-corrected chi connectivity index (χ3v) is 5.70. The number of benzene rings is 2. The molecule has 0 aliphatic rings. The number of aromatic nitrogens is 3. The summed E-state index contributed by atoms with van der Waals surface area (Å²) in [6.45, 7) is 6.72. The zero-order chi connectivity index (χ0) is 24.4. The Morgan fingerprint density at radius 3 is 2.53 bits per heavy atom. The van der Waals surface area contributed by atoms with Gasteiger partial charge in [-0.3, -0.25) is 10.1 Å². The molecule has 10 heteroatoms. The van der Waals surface area contributed by atoms with Gasteiger partial charge in [-0.05, 0) is 48.2 Å². The van der Waals surface area contributed by atoms with Gasteiger partial charge in [0.25, 0.3) is 5.69 Å². The van der Waals surface area contributed by atoms with Crippen molar-refractivity contribution in [2.75, 3.05) is 0 Å². The lowest BCUT2D eigenvalue weighted by Crippen LogP contribution is -2.23. The van der Waals surface area contributed by atoms with Crippen molar-refractivity contribution in [3.8, 4) is 11.1 Å². The van der Waals surface area contributed by atoms with Crippen LogP contribution in [-0.4, -0.2) is 25.3 Å². The van der Waals surface area contributed by atoms with E-state index in [1.54, 1.807) is 6.07 Å². The molecule has 0 aliphatic heterocycles. The highest BCUT2D eigenvalue weighted by atomic mass is 16.6. The Labute approximate surface area is 196 Å². The van der Waals surface area contributed by atoms with Gasteiger partial charge in [-0.1, -0.05) is 31.2 Å². The third kappa shape index (κ3) is 4.30. The summed E-state index contributed by atoms with van der Waals surface area (Å²) in [7, 11) is 0. The first-order chi connectivity index (χ1) is 16.3. The summed E-state index contributed by atoms with van der Waals surface area (Å²) in [5, 5.41) is 15.2. The van der Waals surface area contributed by atoms with Gasteiger partial charge in [-0.2, -0.15) is 0 Å². The number of nitro benzene ring substituents is 1. The normalized spacial score (nSPS) is 11.7. The molecule has 174 valence electrons. The number of fused-ring (bicyclic) bond motifs is 1. The van der Waals surface area contributed by atoms with E-state index in [0.717, 1.165) is 45.8 Å². The van der Waals surface area contributed by atoms with Crippen LogP contribution in [0.4, 0.5) is 5.69 Å². The number of hydrazone groups is 1. The number of nitrogens with one attached hydrogen (secondary N) is 1. The molecule has 34 heavy (non-hydrogen) atoms. The Morgan fingerprint density at radius 2 is 1.88 bits per heavy atom. The molecule has 2 aromatic heterocycles. The number of rotatable bonds is 7. The van der Waals surface area contributed by atoms with E-state index < -0.39 is 4.92 Å². The van der Waals surface area contributed by atoms with E-state index in [0.29, 0.717) is 17.7 Å². The number of nitrogens with zero attached hydrogens (tertiary/aromatic N) is 5. The molecule has 0 unspecified atom stereocenters. The average molecular weight is 459 g/mol. The molecule has 2 heterocycles. The van der Waals surface area contributed by atoms with E-state index in [4.69, 9.17) is 21.5 Å². The lowest BCUT2D eigenvalue weighted by Gasteiger charge is -2.12. The third-order valence-electron chi connectivity index (χ3n) is 5.70. The fraction of sp³-hybridized carbons (Fsp3) is 0.208. The van der Waals surface area contributed by atoms with Crippen LogP contribution in [0.15, 0.2) is 53.6 Å². The predicted octanol–water partition coefficient (Wildman–Crippen LogP) is 3.32. The molecule has 0 saturated carbocycles. The number of nitrogens with two attached hydrogens (primary N) is 2. The molecule has 0 fully saturated rings. The lowest BCUT2D eigenvalue weighted by atomic mass is 9.97. The molecule has 4 rings (SSSR count). The van der Waals surface area contributed by atoms with Crippen LogP contribution < -0.4 is 17.1 Å². The zero-order valence-electron chi connectivity index (χ0n) is 19.2. The van der Waals surface area contributed by atoms with Gasteiger partial charge in [0.05, 0.1) is 11.5 Å². The van der Waals surface area contributed by atoms with E-state index in [-0.39, 0.29) is 11.5 Å². The fourth-order valence-corrected chi connectivity index (χ4v) is 4.09. The monoisotopic (exact) mass is 458 g/mol. The Kier molecular flexibility index (Phi) is 6.24. The number of imidazole rings is 1. The van der Waals surface area contributed by atoms with Crippen LogP contribution in [0.5, 0.6) is 0 Å². The second-order valence-electron chi connectivity index (χ2n) is 8.03. The van der Waals surface area contributed by atoms with E-state index >= 15 is 0 Å². The molecule has 0 bridgehead atoms. The second-order valence-corrected chi connectivity index (χ2v) is 8.03. The fourth-order valence-electron chi connectivity index (χ4n) is 4.09. The lowest BCUT2D eigenvalue weighted by molar-refractivity contribution is -0.384. The zero-order valence-corrected chi connectivity index (χ0v) is 19.2. The molecule has 0 saturated heterocycles. The minimum absolute atomic E-state index is 0.0365. The Bertz CT molecular complexity index is 1410. The van der Waals surface area contributed by atoms with Crippen molar-refractivity contribution in [3.63, 3.8) is 0 Å². The highest BCUT2D eigenvalue weighted by molar-refractivity contribution is 6.03. The molecule has 5 N–H and O–H groups in total. The summed E-state index contributed by atoms with van der Waals surface area (Å²) in [5.41, 5.74) is 15.0. The molecular formula is C24H26N8O2. The molecule has 0 aliphatic carbocycles. The van der Waals surface area contributed by atoms with Crippen LogP contribution in [0.2, 0.25) is 0 Å². The maximum Gasteiger partial charge on any atom is 0.270 e. The number of hydrogen-bond donors (Lipinski definition) is 3. The second kappa shape index (κ2) is 9.28. The number of amidine groups is 1. The van der Waals surface area contributed by atoms with Gasteiger partial charge in [-0.15, -0.1) is 5.10 Å². The van der Waals surface area contributed by atoms with Crippen molar-refractivity contribution in [1.29, 1.82) is 0 Å². The van der Waals surface area contributed by atoms with Crippen molar-refractivity contribution in [2.24, 2.45) is 16.7 Å². The quantitative estimate of drug-likeness (QED) is 0.126. The van der Waals surface area contributed by atoms with Crippen molar-refractivity contribution in [3.05, 3.63) is 86.9 Å². The van der Waals surface area contributed by atoms with Crippen LogP contribution in [-0.2, 0) is 13.0 Å². The van der Waals surface area contributed by atoms with E-state index in [1.807, 2.05) is 37.3 Å². The largest absolute Gasteiger partial charge is 0.382 e. The summed E-state index contributed by atoms with van der Waals surface area (Å²) < 4.78 is 2.14. The summed E-state index contributed by atoms with van der Waals surface area (Å²) in [4.78, 5) is 20.4. The SMILES string of the molecule is CCc1nc2c(C)cc(C)nc2n1Cc1ccc(-c2cc([N+](=O)[O-])ccc2/C(N)=N/NN)cc1. The van der Waals surface area contributed by atoms with Crippen molar-refractivity contribution in [1.82, 2.24) is 20.1 Å². The molecule has 2 aromatic carbocycles. The van der Waals surface area contributed by atoms with Gasteiger partial charge in [-0.25, -0.2) is 21.3 Å². The highest BCUT2D eigenvalue weighted by Crippen LogP contribution is 2.29. The van der Waals surface area contributed by atoms with Crippen LogP contribution >= 0.6 is 0 Å². The summed E-state index contributed by atoms with van der Waals surface area (Å²) in [6.07, 6.45) is 0.789. The number of nitro groups is 1. The maximum atomic E-state index is 11.3. The van der Waals surface area contributed by atoms with Crippen molar-refractivity contribution in [2.45, 2.75) is 33.7 Å². The van der Waals surface area contributed by atoms with Crippen LogP contribution in [0.25, 0.3) is 22.3 Å². The van der Waals surface area contributed by atoms with E-state index in [2.05, 4.69) is 29.1 Å². The minimum Gasteiger partial charge on any atom is -0.382 e. The molecule has 10 nitrogen and oxygen atoms in total. The van der Waals surface area contributed by atoms with Crippen LogP contribution in [0.3, 0.4) is 0 Å². The summed E-state index contributed by atoms with van der Waals surface area (Å²) in [6, 6.07) is 14.3. The van der Waals surface area contributed by atoms with Crippen LogP contribution in [0, 0.1) is 24.0 Å². The van der Waals surface area contributed by atoms with Gasteiger partial charge >= 0.3 is 0 Å². The molecule has 0 atom stereocenters. The highest BCUT2D eigenvalue weighted by Gasteiger charge is 2.16. The van der Waals surface area contributed by atoms with Gasteiger partial charge in [0.15, 0.2) is 11.5 Å². The first kappa shape index (κ1) is 22.9. The Morgan fingerprint density at radius 1 is 1.15 bits per heavy atom. The van der Waals surface area contributed by atoms with Crippen molar-refractivity contribution >= 4 is 22.7 Å². The topological polar surface area (TPSA) is 150 Å². The Hall–Kier alpha value is -4.31. The first-order valence-corrected chi connectivity index (χ1v) is 10.8. The number of aryl methyl sites for hydroxylation is 3. The number of hydrogen-bond acceptors (Lipinski definition) is 7. The Balaban J connectivity index is 1.74. The van der Waals surface area contributed by atoms with Gasteiger partial charge in [0, 0.05) is 29.8 Å². The van der Waals surface area contributed by atoms with Crippen LogP contribution in [0.1, 0.15) is 35.1 Å².